The van der Waals surface area contributed by atoms with Gasteiger partial charge >= 0.3 is 0 Å². The maximum absolute atomic E-state index is 12.3. The maximum Gasteiger partial charge on any atom is 0.292 e. The van der Waals surface area contributed by atoms with Crippen LogP contribution in [0.4, 0.5) is 5.69 Å². The van der Waals surface area contributed by atoms with E-state index in [1.54, 1.807) is 0 Å². The molecule has 106 valence electrons. The second-order valence-corrected chi connectivity index (χ2v) is 5.65. The van der Waals surface area contributed by atoms with Crippen molar-refractivity contribution in [1.82, 2.24) is 9.78 Å². The van der Waals surface area contributed by atoms with Gasteiger partial charge < -0.3 is 10.1 Å². The fourth-order valence-corrected chi connectivity index (χ4v) is 2.82. The van der Waals surface area contributed by atoms with Gasteiger partial charge in [0.15, 0.2) is 0 Å². The van der Waals surface area contributed by atoms with Crippen molar-refractivity contribution in [2.24, 2.45) is 5.92 Å². The zero-order chi connectivity index (χ0) is 14.1. The average molecular weight is 294 g/mol. The summed E-state index contributed by atoms with van der Waals surface area (Å²) in [6.45, 7) is 0.859. The molecule has 5 nitrogen and oxygen atoms in total. The highest BCUT2D eigenvalue weighted by molar-refractivity contribution is 6.33. The summed E-state index contributed by atoms with van der Waals surface area (Å²) in [6.07, 6.45) is 10.1. The van der Waals surface area contributed by atoms with Crippen molar-refractivity contribution in [3.63, 3.8) is 0 Å². The predicted octanol–water partition coefficient (Wildman–Crippen LogP) is 1.51. The van der Waals surface area contributed by atoms with Crippen molar-refractivity contribution in [1.29, 1.82) is 0 Å². The highest BCUT2D eigenvalue weighted by atomic mass is 35.5. The molecule has 0 aromatic carbocycles. The van der Waals surface area contributed by atoms with Gasteiger partial charge in [-0.2, -0.15) is 5.10 Å². The van der Waals surface area contributed by atoms with Crippen LogP contribution in [0.15, 0.2) is 11.0 Å². The molecule has 1 N–H and O–H groups in total. The lowest BCUT2D eigenvalue weighted by Crippen LogP contribution is -2.35. The molecule has 2 unspecified atom stereocenters. The van der Waals surface area contributed by atoms with E-state index in [4.69, 9.17) is 22.8 Å². The molecule has 1 saturated carbocycles. The zero-order valence-electron chi connectivity index (χ0n) is 11.0. The van der Waals surface area contributed by atoms with Crippen LogP contribution in [0.1, 0.15) is 19.3 Å². The number of aromatic nitrogens is 2. The van der Waals surface area contributed by atoms with Crippen molar-refractivity contribution in [2.45, 2.75) is 38.0 Å². The van der Waals surface area contributed by atoms with Gasteiger partial charge in [-0.3, -0.25) is 4.79 Å². The number of nitrogens with one attached hydrogen (secondary N) is 1. The minimum Gasteiger partial charge on any atom is -0.376 e. The van der Waals surface area contributed by atoms with Crippen LogP contribution in [-0.4, -0.2) is 28.5 Å². The highest BCUT2D eigenvalue weighted by Crippen LogP contribution is 2.39. The molecule has 0 radical (unpaired) electrons. The molecule has 2 aliphatic rings. The topological polar surface area (TPSA) is 56.1 Å². The second kappa shape index (κ2) is 5.47. The van der Waals surface area contributed by atoms with Crippen LogP contribution in [0.2, 0.25) is 5.02 Å². The van der Waals surface area contributed by atoms with E-state index in [1.165, 1.54) is 23.7 Å². The Kier molecular flexibility index (Phi) is 3.68. The quantitative estimate of drug-likeness (QED) is 0.855. The lowest BCUT2D eigenvalue weighted by molar-refractivity contribution is 0.0898. The van der Waals surface area contributed by atoms with Crippen LogP contribution >= 0.6 is 11.6 Å². The molecule has 0 amide bonds. The van der Waals surface area contributed by atoms with E-state index in [9.17, 15) is 4.79 Å². The zero-order valence-corrected chi connectivity index (χ0v) is 11.8. The Hall–Kier alpha value is -1.51. The summed E-state index contributed by atoms with van der Waals surface area (Å²) in [7, 11) is 0. The molecule has 2 fully saturated rings. The molecule has 20 heavy (non-hydrogen) atoms. The first-order valence-electron chi connectivity index (χ1n) is 6.78. The Labute approximate surface area is 122 Å². The van der Waals surface area contributed by atoms with Gasteiger partial charge in [-0.15, -0.1) is 6.42 Å². The van der Waals surface area contributed by atoms with E-state index >= 15 is 0 Å². The molecule has 1 saturated heterocycles. The number of rotatable bonds is 4. The molecule has 1 aromatic heterocycles. The molecule has 2 atom stereocenters. The molecule has 3 rings (SSSR count). The highest BCUT2D eigenvalue weighted by Gasteiger charge is 2.41. The lowest BCUT2D eigenvalue weighted by atomic mass is 10.1. The van der Waals surface area contributed by atoms with E-state index in [1.807, 2.05) is 0 Å². The van der Waals surface area contributed by atoms with Gasteiger partial charge in [0, 0.05) is 6.61 Å². The van der Waals surface area contributed by atoms with E-state index in [2.05, 4.69) is 16.3 Å². The number of nitrogens with zero attached hydrogens (tertiary/aromatic N) is 2. The Balaban J connectivity index is 1.84. The molecule has 6 heteroatoms. The number of hydrogen-bond donors (Lipinski definition) is 1. The Morgan fingerprint density at radius 1 is 1.55 bits per heavy atom. The van der Waals surface area contributed by atoms with Crippen LogP contribution in [0.25, 0.3) is 0 Å². The van der Waals surface area contributed by atoms with E-state index in [0.29, 0.717) is 16.6 Å². The van der Waals surface area contributed by atoms with Crippen LogP contribution in [0.5, 0.6) is 0 Å². The molecule has 1 aromatic rings. The predicted molar refractivity (Wildman–Crippen MR) is 76.8 cm³/mol. The monoisotopic (exact) mass is 293 g/mol. The number of terminal acetylenes is 1. The number of ether oxygens (including phenoxy) is 1. The molecule has 2 heterocycles. The summed E-state index contributed by atoms with van der Waals surface area (Å²) in [5.41, 5.74) is 0.0926. The van der Waals surface area contributed by atoms with Crippen LogP contribution in [0, 0.1) is 18.3 Å². The summed E-state index contributed by atoms with van der Waals surface area (Å²) in [4.78, 5) is 12.3. The third kappa shape index (κ3) is 2.54. The standard InChI is InChI=1S/C14H16ClN3O2/c1-2-6-18-14(19)12(10(15)8-16-18)17-11-5-7-20-13(11)9-3-4-9/h1,8-9,11,13,17H,3-7H2. The minimum atomic E-state index is -0.281. The normalized spacial score (nSPS) is 25.4. The molecular weight excluding hydrogens is 278 g/mol. The van der Waals surface area contributed by atoms with Gasteiger partial charge in [-0.25, -0.2) is 4.68 Å². The van der Waals surface area contributed by atoms with Crippen molar-refractivity contribution >= 4 is 17.3 Å². The third-order valence-corrected chi connectivity index (χ3v) is 4.08. The fraction of sp³-hybridized carbons (Fsp3) is 0.571. The van der Waals surface area contributed by atoms with E-state index in [0.717, 1.165) is 13.0 Å². The Morgan fingerprint density at radius 3 is 3.05 bits per heavy atom. The molecule has 0 spiro atoms. The van der Waals surface area contributed by atoms with Crippen molar-refractivity contribution in [3.8, 4) is 12.3 Å². The molecule has 1 aliphatic carbocycles. The minimum absolute atomic E-state index is 0.134. The van der Waals surface area contributed by atoms with Gasteiger partial charge in [-0.05, 0) is 25.2 Å². The van der Waals surface area contributed by atoms with Crippen LogP contribution in [0.3, 0.4) is 0 Å². The maximum atomic E-state index is 12.3. The molecule has 1 aliphatic heterocycles. The summed E-state index contributed by atoms with van der Waals surface area (Å²) in [5.74, 6) is 3.02. The largest absolute Gasteiger partial charge is 0.376 e. The average Bonchev–Trinajstić information content (AvgIpc) is 3.18. The molecule has 0 bridgehead atoms. The summed E-state index contributed by atoms with van der Waals surface area (Å²) in [6, 6.07) is 0.134. The first kappa shape index (κ1) is 13.5. The van der Waals surface area contributed by atoms with Crippen molar-refractivity contribution in [3.05, 3.63) is 21.6 Å². The number of hydrogen-bond acceptors (Lipinski definition) is 4. The van der Waals surface area contributed by atoms with Gasteiger partial charge in [0.1, 0.15) is 12.2 Å². The molecular formula is C14H16ClN3O2. The van der Waals surface area contributed by atoms with Gasteiger partial charge in [-0.1, -0.05) is 17.5 Å². The first-order valence-corrected chi connectivity index (χ1v) is 7.15. The second-order valence-electron chi connectivity index (χ2n) is 5.25. The van der Waals surface area contributed by atoms with Crippen molar-refractivity contribution < 1.29 is 4.74 Å². The summed E-state index contributed by atoms with van der Waals surface area (Å²) < 4.78 is 6.99. The van der Waals surface area contributed by atoms with E-state index < -0.39 is 0 Å². The lowest BCUT2D eigenvalue weighted by Gasteiger charge is -2.21. The van der Waals surface area contributed by atoms with Gasteiger partial charge in [0.05, 0.1) is 23.4 Å². The fourth-order valence-electron chi connectivity index (χ4n) is 2.64. The van der Waals surface area contributed by atoms with Gasteiger partial charge in [0.2, 0.25) is 0 Å². The summed E-state index contributed by atoms with van der Waals surface area (Å²) in [5, 5.41) is 7.50. The third-order valence-electron chi connectivity index (χ3n) is 3.79. The Bertz CT molecular complexity index is 603. The smallest absolute Gasteiger partial charge is 0.292 e. The van der Waals surface area contributed by atoms with Gasteiger partial charge in [0.25, 0.3) is 5.56 Å². The summed E-state index contributed by atoms with van der Waals surface area (Å²) >= 11 is 6.09. The SMILES string of the molecule is C#CCn1ncc(Cl)c(NC2CCOC2C2CC2)c1=O. The van der Waals surface area contributed by atoms with Crippen molar-refractivity contribution in [2.75, 3.05) is 11.9 Å². The Morgan fingerprint density at radius 2 is 2.35 bits per heavy atom. The number of halogens is 1. The first-order chi connectivity index (χ1) is 9.70. The van der Waals surface area contributed by atoms with Crippen LogP contribution in [-0.2, 0) is 11.3 Å². The van der Waals surface area contributed by atoms with E-state index in [-0.39, 0.29) is 24.2 Å². The number of anilines is 1. The van der Waals surface area contributed by atoms with Crippen LogP contribution < -0.4 is 10.9 Å².